The van der Waals surface area contributed by atoms with Crippen LogP contribution in [0.5, 0.6) is 17.2 Å². The van der Waals surface area contributed by atoms with Crippen LogP contribution in [0.3, 0.4) is 0 Å². The Kier molecular flexibility index (Phi) is 5.73. The lowest BCUT2D eigenvalue weighted by Crippen LogP contribution is -2.34. The molecule has 2 heterocycles. The number of Topliss-reactive ketones (excluding diaryl/α,β-unsaturated/α-hetero) is 1. The summed E-state index contributed by atoms with van der Waals surface area (Å²) in [6, 6.07) is 19.4. The molecule has 0 saturated carbocycles. The first-order chi connectivity index (χ1) is 16.1. The monoisotopic (exact) mass is 443 g/mol. The topological polar surface area (TPSA) is 73.9 Å². The summed E-state index contributed by atoms with van der Waals surface area (Å²) in [5.74, 6) is 2.34. The number of carbonyl (C=O) groups excluding carboxylic acids is 2. The number of amides is 1. The highest BCUT2D eigenvalue weighted by atomic mass is 16.7. The molecule has 5 rings (SSSR count). The molecule has 0 spiro atoms. The highest BCUT2D eigenvalue weighted by Gasteiger charge is 2.24. The highest BCUT2D eigenvalue weighted by molar-refractivity contribution is 6.00. The number of nitrogens with one attached hydrogen (secondary N) is 1. The van der Waals surface area contributed by atoms with E-state index in [0.717, 1.165) is 39.5 Å². The first kappa shape index (κ1) is 21.1. The van der Waals surface area contributed by atoms with Gasteiger partial charge in [0.25, 0.3) is 0 Å². The Labute approximate surface area is 192 Å². The minimum Gasteiger partial charge on any atom is -0.488 e. The molecule has 6 heteroatoms. The van der Waals surface area contributed by atoms with Crippen LogP contribution in [0.2, 0.25) is 0 Å². The van der Waals surface area contributed by atoms with Crippen LogP contribution in [-0.2, 0) is 17.6 Å². The quantitative estimate of drug-likeness (QED) is 0.550. The predicted octanol–water partition coefficient (Wildman–Crippen LogP) is 4.34. The van der Waals surface area contributed by atoms with Gasteiger partial charge >= 0.3 is 0 Å². The standard InChI is InChI=1S/C27H25NO5/c1-17(29)22-4-2-3-5-23(22)19-8-10-24-20(13-19)14-21(33-24)15-28-27(30)11-7-18-6-9-25-26(12-18)32-16-31-25/h2-6,8-10,12-13,21H,7,11,14-16H2,1H3,(H,28,30)/t21-/m1/s1. The summed E-state index contributed by atoms with van der Waals surface area (Å²) in [5, 5.41) is 2.99. The molecule has 0 fully saturated rings. The van der Waals surface area contributed by atoms with Crippen molar-refractivity contribution in [1.29, 1.82) is 0 Å². The van der Waals surface area contributed by atoms with Gasteiger partial charge in [-0.3, -0.25) is 9.59 Å². The molecule has 1 atom stereocenters. The molecular weight excluding hydrogens is 418 g/mol. The zero-order valence-corrected chi connectivity index (χ0v) is 18.4. The maximum Gasteiger partial charge on any atom is 0.231 e. The van der Waals surface area contributed by atoms with Crippen LogP contribution in [0, 0.1) is 0 Å². The molecule has 0 aliphatic carbocycles. The van der Waals surface area contributed by atoms with Gasteiger partial charge in [0.15, 0.2) is 17.3 Å². The van der Waals surface area contributed by atoms with E-state index < -0.39 is 0 Å². The molecule has 0 aromatic heterocycles. The Hall–Kier alpha value is -3.80. The van der Waals surface area contributed by atoms with E-state index in [9.17, 15) is 9.59 Å². The highest BCUT2D eigenvalue weighted by Crippen LogP contribution is 2.34. The van der Waals surface area contributed by atoms with Gasteiger partial charge in [-0.05, 0) is 59.9 Å². The molecule has 1 N–H and O–H groups in total. The SMILES string of the molecule is CC(=O)c1ccccc1-c1ccc2c(c1)C[C@H](CNC(=O)CCc1ccc3c(c1)OCO3)O2. The van der Waals surface area contributed by atoms with E-state index in [2.05, 4.69) is 11.4 Å². The molecule has 0 radical (unpaired) electrons. The van der Waals surface area contributed by atoms with Gasteiger partial charge in [-0.1, -0.05) is 36.4 Å². The molecule has 3 aromatic carbocycles. The zero-order chi connectivity index (χ0) is 22.8. The van der Waals surface area contributed by atoms with E-state index >= 15 is 0 Å². The number of hydrogen-bond acceptors (Lipinski definition) is 5. The van der Waals surface area contributed by atoms with Crippen molar-refractivity contribution in [3.63, 3.8) is 0 Å². The van der Waals surface area contributed by atoms with Crippen LogP contribution in [0.25, 0.3) is 11.1 Å². The van der Waals surface area contributed by atoms with Gasteiger partial charge in [0.1, 0.15) is 11.9 Å². The summed E-state index contributed by atoms with van der Waals surface area (Å²) in [4.78, 5) is 24.4. The lowest BCUT2D eigenvalue weighted by Gasteiger charge is -2.12. The molecule has 1 amide bonds. The summed E-state index contributed by atoms with van der Waals surface area (Å²) in [5.41, 5.74) is 4.76. The van der Waals surface area contributed by atoms with Crippen LogP contribution in [-0.4, -0.2) is 31.1 Å². The lowest BCUT2D eigenvalue weighted by molar-refractivity contribution is -0.121. The molecule has 6 nitrogen and oxygen atoms in total. The van der Waals surface area contributed by atoms with E-state index in [-0.39, 0.29) is 24.6 Å². The summed E-state index contributed by atoms with van der Waals surface area (Å²) in [6.07, 6.45) is 1.64. The Morgan fingerprint density at radius 2 is 1.79 bits per heavy atom. The van der Waals surface area contributed by atoms with Gasteiger partial charge in [0.2, 0.25) is 12.7 Å². The normalized spacial score (nSPS) is 15.6. The van der Waals surface area contributed by atoms with Crippen LogP contribution >= 0.6 is 0 Å². The molecule has 33 heavy (non-hydrogen) atoms. The smallest absolute Gasteiger partial charge is 0.231 e. The van der Waals surface area contributed by atoms with Crippen LogP contribution in [0.1, 0.15) is 34.8 Å². The zero-order valence-electron chi connectivity index (χ0n) is 18.4. The molecule has 0 saturated heterocycles. The average Bonchev–Trinajstić information content (AvgIpc) is 3.47. The van der Waals surface area contributed by atoms with Gasteiger partial charge in [-0.25, -0.2) is 0 Å². The van der Waals surface area contributed by atoms with Gasteiger partial charge < -0.3 is 19.5 Å². The maximum atomic E-state index is 12.4. The van der Waals surface area contributed by atoms with Crippen molar-refractivity contribution < 1.29 is 23.8 Å². The molecule has 0 bridgehead atoms. The van der Waals surface area contributed by atoms with Crippen molar-refractivity contribution in [3.8, 4) is 28.4 Å². The first-order valence-electron chi connectivity index (χ1n) is 11.1. The molecule has 168 valence electrons. The number of ether oxygens (including phenoxy) is 3. The third kappa shape index (κ3) is 4.55. The lowest BCUT2D eigenvalue weighted by atomic mass is 9.95. The van der Waals surface area contributed by atoms with Crippen molar-refractivity contribution >= 4 is 11.7 Å². The van der Waals surface area contributed by atoms with Gasteiger partial charge in [-0.2, -0.15) is 0 Å². The number of aryl methyl sites for hydroxylation is 1. The molecule has 2 aliphatic rings. The van der Waals surface area contributed by atoms with E-state index in [0.29, 0.717) is 31.4 Å². The molecule has 0 unspecified atom stereocenters. The van der Waals surface area contributed by atoms with Crippen LogP contribution in [0.4, 0.5) is 0 Å². The van der Waals surface area contributed by atoms with Crippen molar-refractivity contribution in [1.82, 2.24) is 5.32 Å². The number of rotatable bonds is 7. The van der Waals surface area contributed by atoms with Crippen molar-refractivity contribution in [2.24, 2.45) is 0 Å². The fourth-order valence-electron chi connectivity index (χ4n) is 4.31. The Morgan fingerprint density at radius 3 is 2.67 bits per heavy atom. The minimum atomic E-state index is -0.104. The summed E-state index contributed by atoms with van der Waals surface area (Å²) in [7, 11) is 0. The Morgan fingerprint density at radius 1 is 0.970 bits per heavy atom. The van der Waals surface area contributed by atoms with Crippen molar-refractivity contribution in [2.75, 3.05) is 13.3 Å². The summed E-state index contributed by atoms with van der Waals surface area (Å²) < 4.78 is 16.7. The van der Waals surface area contributed by atoms with Crippen LogP contribution < -0.4 is 19.5 Å². The molecule has 2 aliphatic heterocycles. The average molecular weight is 443 g/mol. The fourth-order valence-corrected chi connectivity index (χ4v) is 4.31. The number of hydrogen-bond donors (Lipinski definition) is 1. The molecule has 3 aromatic rings. The van der Waals surface area contributed by atoms with E-state index in [4.69, 9.17) is 14.2 Å². The van der Waals surface area contributed by atoms with Gasteiger partial charge in [-0.15, -0.1) is 0 Å². The van der Waals surface area contributed by atoms with Crippen molar-refractivity contribution in [2.45, 2.75) is 32.3 Å². The predicted molar refractivity (Wildman–Crippen MR) is 124 cm³/mol. The number of benzene rings is 3. The van der Waals surface area contributed by atoms with E-state index in [1.165, 1.54) is 0 Å². The summed E-state index contributed by atoms with van der Waals surface area (Å²) in [6.45, 7) is 2.28. The van der Waals surface area contributed by atoms with Crippen molar-refractivity contribution in [3.05, 3.63) is 77.4 Å². The third-order valence-electron chi connectivity index (χ3n) is 6.02. The number of ketones is 1. The Bertz CT molecular complexity index is 1220. The first-order valence-corrected chi connectivity index (χ1v) is 11.1. The minimum absolute atomic E-state index is 0.0108. The fraction of sp³-hybridized carbons (Fsp3) is 0.259. The third-order valence-corrected chi connectivity index (χ3v) is 6.02. The van der Waals surface area contributed by atoms with E-state index in [1.54, 1.807) is 6.92 Å². The summed E-state index contributed by atoms with van der Waals surface area (Å²) >= 11 is 0. The maximum absolute atomic E-state index is 12.4. The van der Waals surface area contributed by atoms with Gasteiger partial charge in [0, 0.05) is 18.4 Å². The molecular formula is C27H25NO5. The van der Waals surface area contributed by atoms with Gasteiger partial charge in [0.05, 0.1) is 6.54 Å². The van der Waals surface area contributed by atoms with Crippen LogP contribution in [0.15, 0.2) is 60.7 Å². The second-order valence-electron chi connectivity index (χ2n) is 8.36. The second kappa shape index (κ2) is 8.98. The largest absolute Gasteiger partial charge is 0.488 e. The number of carbonyl (C=O) groups is 2. The number of fused-ring (bicyclic) bond motifs is 2. The van der Waals surface area contributed by atoms with E-state index in [1.807, 2.05) is 54.6 Å². The second-order valence-corrected chi connectivity index (χ2v) is 8.36. The Balaban J connectivity index is 1.15.